The van der Waals surface area contributed by atoms with Crippen LogP contribution >= 0.6 is 0 Å². The molecule has 1 aromatic carbocycles. The lowest BCUT2D eigenvalue weighted by Crippen LogP contribution is -2.42. The van der Waals surface area contributed by atoms with Gasteiger partial charge in [-0.2, -0.15) is 0 Å². The molecule has 6 nitrogen and oxygen atoms in total. The summed E-state index contributed by atoms with van der Waals surface area (Å²) in [6.45, 7) is 8.92. The Morgan fingerprint density at radius 3 is 2.78 bits per heavy atom. The molecule has 0 saturated carbocycles. The molecule has 1 aromatic rings. The molecule has 0 radical (unpaired) electrons. The van der Waals surface area contributed by atoms with Crippen molar-refractivity contribution in [3.05, 3.63) is 24.3 Å². The highest BCUT2D eigenvalue weighted by atomic mass is 16.6. The van der Waals surface area contributed by atoms with Crippen molar-refractivity contribution in [1.29, 1.82) is 0 Å². The Bertz CT molecular complexity index is 540. The van der Waals surface area contributed by atoms with Crippen molar-refractivity contribution in [2.45, 2.75) is 45.4 Å². The molecule has 0 amide bonds. The molecular weight excluding hydrogens is 296 g/mol. The zero-order chi connectivity index (χ0) is 16.9. The van der Waals surface area contributed by atoms with E-state index in [0.717, 1.165) is 5.75 Å². The largest absolute Gasteiger partial charge is 0.485 e. The fraction of sp³-hybridized carbons (Fsp3) is 0.588. The van der Waals surface area contributed by atoms with Crippen LogP contribution in [0.15, 0.2) is 29.4 Å². The van der Waals surface area contributed by atoms with Gasteiger partial charge in [0.25, 0.3) is 0 Å². The number of fused-ring (bicyclic) bond motifs is 1. The summed E-state index contributed by atoms with van der Waals surface area (Å²) < 4.78 is 11.5. The van der Waals surface area contributed by atoms with Crippen molar-refractivity contribution < 1.29 is 19.4 Å². The van der Waals surface area contributed by atoms with Crippen LogP contribution in [0.3, 0.4) is 0 Å². The normalized spacial score (nSPS) is 19.3. The van der Waals surface area contributed by atoms with E-state index in [2.05, 4.69) is 10.5 Å². The first kappa shape index (κ1) is 17.6. The van der Waals surface area contributed by atoms with Gasteiger partial charge in [0, 0.05) is 12.1 Å². The third-order valence-electron chi connectivity index (χ3n) is 3.32. The van der Waals surface area contributed by atoms with Crippen LogP contribution in [0.2, 0.25) is 0 Å². The summed E-state index contributed by atoms with van der Waals surface area (Å²) in [6, 6.07) is 7.52. The van der Waals surface area contributed by atoms with Gasteiger partial charge in [-0.3, -0.25) is 0 Å². The lowest BCUT2D eigenvalue weighted by atomic mass is 10.1. The summed E-state index contributed by atoms with van der Waals surface area (Å²) in [5, 5.41) is 17.1. The number of para-hydroxylation sites is 2. The maximum Gasteiger partial charge on any atom is 0.174 e. The van der Waals surface area contributed by atoms with E-state index in [1.165, 1.54) is 0 Å². The zero-order valence-corrected chi connectivity index (χ0v) is 14.2. The molecule has 1 heterocycles. The molecule has 0 saturated heterocycles. The maximum atomic E-state index is 9.85. The predicted molar refractivity (Wildman–Crippen MR) is 89.2 cm³/mol. The average Bonchev–Trinajstić information content (AvgIpc) is 2.51. The molecule has 0 aliphatic carbocycles. The molecule has 6 heteroatoms. The van der Waals surface area contributed by atoms with Crippen molar-refractivity contribution in [3.63, 3.8) is 0 Å². The molecule has 1 aliphatic heterocycles. The fourth-order valence-corrected chi connectivity index (χ4v) is 1.99. The predicted octanol–water partition coefficient (Wildman–Crippen LogP) is 1.97. The molecule has 128 valence electrons. The topological polar surface area (TPSA) is 72.3 Å². The van der Waals surface area contributed by atoms with Crippen LogP contribution in [-0.4, -0.2) is 48.3 Å². The number of aliphatic hydroxyl groups excluding tert-OH is 1. The molecular formula is C17H26N2O4. The standard InChI is InChI=1S/C17H26N2O4/c1-12(19-22-10-13(20)9-18-17(2,3)4)16-11-21-14-7-5-6-8-15(14)23-16/h5-8,13,16,18,20H,9-11H2,1-4H3/b19-12-/t13-,16-/m1/s1. The Morgan fingerprint density at radius 1 is 1.39 bits per heavy atom. The number of β-amino-alcohol motifs (C(OH)–C–C–N with tert-alkyl or cyclic N) is 1. The highest BCUT2D eigenvalue weighted by Crippen LogP contribution is 2.31. The monoisotopic (exact) mass is 322 g/mol. The number of hydrogen-bond donors (Lipinski definition) is 2. The van der Waals surface area contributed by atoms with E-state index >= 15 is 0 Å². The van der Waals surface area contributed by atoms with Gasteiger partial charge in [0.15, 0.2) is 17.6 Å². The number of nitrogens with one attached hydrogen (secondary N) is 1. The second-order valence-corrected chi connectivity index (χ2v) is 6.68. The number of ether oxygens (including phenoxy) is 2. The molecule has 2 N–H and O–H groups in total. The smallest absolute Gasteiger partial charge is 0.174 e. The quantitative estimate of drug-likeness (QED) is 0.619. The molecule has 0 unspecified atom stereocenters. The third-order valence-corrected chi connectivity index (χ3v) is 3.32. The Morgan fingerprint density at radius 2 is 2.09 bits per heavy atom. The molecule has 2 atom stereocenters. The van der Waals surface area contributed by atoms with E-state index in [0.29, 0.717) is 24.6 Å². The second-order valence-electron chi connectivity index (χ2n) is 6.68. The van der Waals surface area contributed by atoms with E-state index in [1.807, 2.05) is 52.0 Å². The number of nitrogens with zero attached hydrogens (tertiary/aromatic N) is 1. The molecule has 0 aromatic heterocycles. The van der Waals surface area contributed by atoms with Crippen LogP contribution in [-0.2, 0) is 4.84 Å². The lowest BCUT2D eigenvalue weighted by Gasteiger charge is -2.26. The number of oxime groups is 1. The number of aliphatic hydroxyl groups is 1. The Balaban J connectivity index is 1.78. The van der Waals surface area contributed by atoms with Gasteiger partial charge in [0.05, 0.1) is 5.71 Å². The van der Waals surface area contributed by atoms with Gasteiger partial charge < -0.3 is 24.7 Å². The lowest BCUT2D eigenvalue weighted by molar-refractivity contribution is 0.0347. The minimum atomic E-state index is -0.616. The van der Waals surface area contributed by atoms with Crippen molar-refractivity contribution in [2.24, 2.45) is 5.16 Å². The Kier molecular flexibility index (Phi) is 5.85. The Hall–Kier alpha value is -1.79. The van der Waals surface area contributed by atoms with Gasteiger partial charge in [-0.1, -0.05) is 17.3 Å². The third kappa shape index (κ3) is 5.73. The van der Waals surface area contributed by atoms with Crippen LogP contribution in [0.25, 0.3) is 0 Å². The SMILES string of the molecule is C/C(=N/OC[C@H](O)CNC(C)(C)C)[C@H]1COc2ccccc2O1. The highest BCUT2D eigenvalue weighted by Gasteiger charge is 2.23. The first-order valence-electron chi connectivity index (χ1n) is 7.83. The Labute approximate surface area is 137 Å². The summed E-state index contributed by atoms with van der Waals surface area (Å²) in [4.78, 5) is 5.23. The molecule has 0 bridgehead atoms. The number of rotatable bonds is 6. The van der Waals surface area contributed by atoms with Gasteiger partial charge in [-0.25, -0.2) is 0 Å². The van der Waals surface area contributed by atoms with Crippen LogP contribution in [0.4, 0.5) is 0 Å². The van der Waals surface area contributed by atoms with E-state index in [-0.39, 0.29) is 18.2 Å². The van der Waals surface area contributed by atoms with Crippen LogP contribution in [0, 0.1) is 0 Å². The van der Waals surface area contributed by atoms with E-state index < -0.39 is 6.10 Å². The zero-order valence-electron chi connectivity index (χ0n) is 14.2. The fourth-order valence-electron chi connectivity index (χ4n) is 1.99. The maximum absolute atomic E-state index is 9.85. The van der Waals surface area contributed by atoms with E-state index in [4.69, 9.17) is 14.3 Å². The van der Waals surface area contributed by atoms with Crippen molar-refractivity contribution >= 4 is 5.71 Å². The molecule has 0 spiro atoms. The number of hydrogen-bond acceptors (Lipinski definition) is 6. The molecule has 1 aliphatic rings. The van der Waals surface area contributed by atoms with Crippen LogP contribution < -0.4 is 14.8 Å². The molecule has 23 heavy (non-hydrogen) atoms. The van der Waals surface area contributed by atoms with E-state index in [1.54, 1.807) is 0 Å². The van der Waals surface area contributed by atoms with Crippen molar-refractivity contribution in [2.75, 3.05) is 19.8 Å². The summed E-state index contributed by atoms with van der Waals surface area (Å²) >= 11 is 0. The summed E-state index contributed by atoms with van der Waals surface area (Å²) in [6.07, 6.45) is -0.898. The van der Waals surface area contributed by atoms with E-state index in [9.17, 15) is 5.11 Å². The van der Waals surface area contributed by atoms with Gasteiger partial charge in [-0.05, 0) is 39.8 Å². The van der Waals surface area contributed by atoms with Crippen LogP contribution in [0.1, 0.15) is 27.7 Å². The summed E-state index contributed by atoms with van der Waals surface area (Å²) in [7, 11) is 0. The minimum Gasteiger partial charge on any atom is -0.485 e. The van der Waals surface area contributed by atoms with Gasteiger partial charge in [-0.15, -0.1) is 0 Å². The van der Waals surface area contributed by atoms with Gasteiger partial charge in [0.1, 0.15) is 19.3 Å². The van der Waals surface area contributed by atoms with Crippen molar-refractivity contribution in [1.82, 2.24) is 5.32 Å². The number of benzene rings is 1. The average molecular weight is 322 g/mol. The van der Waals surface area contributed by atoms with Crippen LogP contribution in [0.5, 0.6) is 11.5 Å². The summed E-state index contributed by atoms with van der Waals surface area (Å²) in [5.41, 5.74) is 0.636. The highest BCUT2D eigenvalue weighted by molar-refractivity contribution is 5.86. The second kappa shape index (κ2) is 7.66. The first-order valence-corrected chi connectivity index (χ1v) is 7.83. The van der Waals surface area contributed by atoms with Gasteiger partial charge in [0.2, 0.25) is 0 Å². The summed E-state index contributed by atoms with van der Waals surface area (Å²) in [5.74, 6) is 1.44. The minimum absolute atomic E-state index is 0.0408. The molecule has 0 fully saturated rings. The van der Waals surface area contributed by atoms with Crippen molar-refractivity contribution in [3.8, 4) is 11.5 Å². The van der Waals surface area contributed by atoms with Gasteiger partial charge >= 0.3 is 0 Å². The molecule has 2 rings (SSSR count). The first-order chi connectivity index (χ1) is 10.8.